The van der Waals surface area contributed by atoms with Gasteiger partial charge in [0.05, 0.1) is 0 Å². The predicted octanol–water partition coefficient (Wildman–Crippen LogP) is 7.36. The fourth-order valence-corrected chi connectivity index (χ4v) is 3.59. The smallest absolute Gasteiger partial charge is 0.178 e. The Morgan fingerprint density at radius 3 is 1.03 bits per heavy atom. The first kappa shape index (κ1) is 19.8. The predicted molar refractivity (Wildman–Crippen MR) is 122 cm³/mol. The first-order chi connectivity index (χ1) is 14.7. The molecule has 0 heterocycles. The van der Waals surface area contributed by atoms with Crippen molar-refractivity contribution >= 4 is 0 Å². The minimum absolute atomic E-state index is 0.334. The van der Waals surface area contributed by atoms with Crippen molar-refractivity contribution in [2.24, 2.45) is 0 Å². The zero-order chi connectivity index (χ0) is 20.8. The molecule has 0 aliphatic carbocycles. The minimum Gasteiger partial charge on any atom is -0.290 e. The van der Waals surface area contributed by atoms with Gasteiger partial charge in [-0.3, -0.25) is 9.78 Å². The molecule has 0 N–H and O–H groups in total. The molecule has 150 valence electrons. The van der Waals surface area contributed by atoms with Crippen LogP contribution < -0.4 is 9.78 Å². The van der Waals surface area contributed by atoms with E-state index in [1.54, 1.807) is 0 Å². The molecule has 2 nitrogen and oxygen atoms in total. The van der Waals surface area contributed by atoms with Crippen molar-refractivity contribution in [3.8, 4) is 11.5 Å². The van der Waals surface area contributed by atoms with Gasteiger partial charge in [0.15, 0.2) is 11.5 Å². The van der Waals surface area contributed by atoms with Crippen LogP contribution in [0, 0.1) is 0 Å². The van der Waals surface area contributed by atoms with Crippen LogP contribution in [-0.2, 0) is 0 Å². The Balaban J connectivity index is 1.35. The lowest BCUT2D eigenvalue weighted by Crippen LogP contribution is -2.02. The maximum Gasteiger partial charge on any atom is 0.178 e. The second-order valence-electron chi connectivity index (χ2n) is 7.57. The van der Waals surface area contributed by atoms with Gasteiger partial charge in [0.25, 0.3) is 0 Å². The topological polar surface area (TPSA) is 18.5 Å². The number of hydrogen-bond acceptors (Lipinski definition) is 2. The third-order valence-corrected chi connectivity index (χ3v) is 5.59. The average molecular weight is 395 g/mol. The quantitative estimate of drug-likeness (QED) is 0.241. The van der Waals surface area contributed by atoms with E-state index in [-0.39, 0.29) is 0 Å². The van der Waals surface area contributed by atoms with Crippen LogP contribution in [0.15, 0.2) is 109 Å². The van der Waals surface area contributed by atoms with E-state index in [0.717, 1.165) is 0 Å². The van der Waals surface area contributed by atoms with Crippen LogP contribution in [0.25, 0.3) is 0 Å². The van der Waals surface area contributed by atoms with Gasteiger partial charge in [0.1, 0.15) is 0 Å². The molecule has 0 aromatic heterocycles. The molecule has 0 amide bonds. The van der Waals surface area contributed by atoms with Crippen molar-refractivity contribution in [2.75, 3.05) is 0 Å². The molecule has 0 radical (unpaired) electrons. The third-order valence-electron chi connectivity index (χ3n) is 5.59. The van der Waals surface area contributed by atoms with E-state index < -0.39 is 0 Å². The number of rotatable bonds is 7. The third kappa shape index (κ3) is 4.72. The highest BCUT2D eigenvalue weighted by Crippen LogP contribution is 2.27. The summed E-state index contributed by atoms with van der Waals surface area (Å²) in [6.45, 7) is 4.42. The molecule has 0 aliphatic rings. The molecule has 2 atom stereocenters. The molecule has 4 aromatic carbocycles. The van der Waals surface area contributed by atoms with Crippen LogP contribution in [0.4, 0.5) is 0 Å². The van der Waals surface area contributed by atoms with E-state index in [9.17, 15) is 0 Å². The van der Waals surface area contributed by atoms with Crippen molar-refractivity contribution in [1.82, 2.24) is 0 Å². The molecule has 0 aliphatic heterocycles. The summed E-state index contributed by atoms with van der Waals surface area (Å²) in [4.78, 5) is 11.0. The Morgan fingerprint density at radius 2 is 0.700 bits per heavy atom. The van der Waals surface area contributed by atoms with Crippen molar-refractivity contribution in [3.63, 3.8) is 0 Å². The fraction of sp³-hybridized carbons (Fsp3) is 0.143. The van der Waals surface area contributed by atoms with Crippen molar-refractivity contribution in [1.29, 1.82) is 0 Å². The first-order valence-electron chi connectivity index (χ1n) is 10.3. The highest BCUT2D eigenvalue weighted by Gasteiger charge is 2.10. The normalized spacial score (nSPS) is 12.7. The lowest BCUT2D eigenvalue weighted by atomic mass is 9.93. The summed E-state index contributed by atoms with van der Waals surface area (Å²) < 4.78 is 0. The van der Waals surface area contributed by atoms with E-state index >= 15 is 0 Å². The maximum absolute atomic E-state index is 5.52. The fourth-order valence-electron chi connectivity index (χ4n) is 3.59. The second-order valence-corrected chi connectivity index (χ2v) is 7.57. The molecule has 2 heteroatoms. The van der Waals surface area contributed by atoms with E-state index in [1.165, 1.54) is 22.3 Å². The largest absolute Gasteiger partial charge is 0.290 e. The maximum atomic E-state index is 5.52. The zero-order valence-corrected chi connectivity index (χ0v) is 17.4. The van der Waals surface area contributed by atoms with Gasteiger partial charge in [-0.25, -0.2) is 0 Å². The van der Waals surface area contributed by atoms with Crippen LogP contribution in [0.3, 0.4) is 0 Å². The summed E-state index contributed by atoms with van der Waals surface area (Å²) in [5.41, 5.74) is 5.08. The monoisotopic (exact) mass is 394 g/mol. The summed E-state index contributed by atoms with van der Waals surface area (Å²) in [6.07, 6.45) is 0. The van der Waals surface area contributed by atoms with Gasteiger partial charge in [0.2, 0.25) is 0 Å². The van der Waals surface area contributed by atoms with Gasteiger partial charge < -0.3 is 0 Å². The molecule has 0 spiro atoms. The van der Waals surface area contributed by atoms with Crippen molar-refractivity contribution < 1.29 is 9.78 Å². The van der Waals surface area contributed by atoms with Gasteiger partial charge in [0, 0.05) is 11.8 Å². The molecule has 4 rings (SSSR count). The summed E-state index contributed by atoms with van der Waals surface area (Å²) in [7, 11) is 0. The van der Waals surface area contributed by atoms with Gasteiger partial charge in [-0.05, 0) is 46.5 Å². The minimum atomic E-state index is 0.334. The van der Waals surface area contributed by atoms with Gasteiger partial charge in [-0.2, -0.15) is 0 Å². The Hall–Kier alpha value is -3.52. The number of benzene rings is 4. The van der Waals surface area contributed by atoms with Crippen LogP contribution in [0.1, 0.15) is 47.9 Å². The Kier molecular flexibility index (Phi) is 6.14. The molecule has 0 saturated carbocycles. The van der Waals surface area contributed by atoms with Gasteiger partial charge >= 0.3 is 0 Å². The lowest BCUT2D eigenvalue weighted by molar-refractivity contribution is -0.0999. The zero-order valence-electron chi connectivity index (χ0n) is 17.4. The summed E-state index contributed by atoms with van der Waals surface area (Å²) in [5, 5.41) is 0. The van der Waals surface area contributed by atoms with Crippen LogP contribution in [0.5, 0.6) is 11.5 Å². The van der Waals surface area contributed by atoms with E-state index in [4.69, 9.17) is 9.78 Å². The Labute approximate surface area is 178 Å². The van der Waals surface area contributed by atoms with Crippen LogP contribution in [-0.4, -0.2) is 0 Å². The second kappa shape index (κ2) is 9.32. The summed E-state index contributed by atoms with van der Waals surface area (Å²) in [5.74, 6) is 2.03. The highest BCUT2D eigenvalue weighted by molar-refractivity contribution is 5.37. The SMILES string of the molecule is CC(c1ccccc1)c1ccc(OOc2ccc(C(C)c3ccccc3)cc2)cc1. The standard InChI is InChI=1S/C28H26O2/c1-21(23-9-5-3-6-10-23)25-13-17-27(18-14-25)29-30-28-19-15-26(16-20-28)22(2)24-11-7-4-8-12-24/h3-22H,1-2H3. The molecule has 0 fully saturated rings. The molecule has 30 heavy (non-hydrogen) atoms. The van der Waals surface area contributed by atoms with Crippen LogP contribution >= 0.6 is 0 Å². The van der Waals surface area contributed by atoms with Crippen molar-refractivity contribution in [3.05, 3.63) is 131 Å². The molecule has 2 unspecified atom stereocenters. The Bertz CT molecular complexity index is 950. The molecular weight excluding hydrogens is 368 g/mol. The molecule has 0 saturated heterocycles. The molecular formula is C28H26O2. The summed E-state index contributed by atoms with van der Waals surface area (Å²) >= 11 is 0. The molecule has 4 aromatic rings. The van der Waals surface area contributed by atoms with E-state index in [0.29, 0.717) is 23.3 Å². The van der Waals surface area contributed by atoms with Gasteiger partial charge in [-0.1, -0.05) is 98.8 Å². The highest BCUT2D eigenvalue weighted by atomic mass is 17.2. The van der Waals surface area contributed by atoms with E-state index in [1.807, 2.05) is 36.4 Å². The lowest BCUT2D eigenvalue weighted by Gasteiger charge is -2.14. The summed E-state index contributed by atoms with van der Waals surface area (Å²) in [6, 6.07) is 37.1. The molecule has 0 bridgehead atoms. The van der Waals surface area contributed by atoms with Crippen LogP contribution in [0.2, 0.25) is 0 Å². The van der Waals surface area contributed by atoms with Crippen molar-refractivity contribution in [2.45, 2.75) is 25.7 Å². The average Bonchev–Trinajstić information content (AvgIpc) is 2.83. The van der Waals surface area contributed by atoms with E-state index in [2.05, 4.69) is 86.6 Å². The Morgan fingerprint density at radius 1 is 0.400 bits per heavy atom. The first-order valence-corrected chi connectivity index (χ1v) is 10.3. The number of hydrogen-bond donors (Lipinski definition) is 0. The van der Waals surface area contributed by atoms with Gasteiger partial charge in [-0.15, -0.1) is 0 Å².